The van der Waals surface area contributed by atoms with E-state index in [4.69, 9.17) is 0 Å². The summed E-state index contributed by atoms with van der Waals surface area (Å²) < 4.78 is 0. The Hall–Kier alpha value is -0.0400. The van der Waals surface area contributed by atoms with Crippen molar-refractivity contribution in [3.05, 3.63) is 0 Å². The van der Waals surface area contributed by atoms with E-state index in [1.807, 2.05) is 0 Å². The molecule has 0 unspecified atom stereocenters. The van der Waals surface area contributed by atoms with Gasteiger partial charge in [-0.05, 0) is 50.1 Å². The second-order valence-electron chi connectivity index (χ2n) is 5.35. The normalized spacial score (nSPS) is 27.9. The van der Waals surface area contributed by atoms with Crippen molar-refractivity contribution >= 4 is 0 Å². The lowest BCUT2D eigenvalue weighted by Crippen LogP contribution is -2.44. The lowest BCUT2D eigenvalue weighted by Gasteiger charge is -2.47. The zero-order valence-electron chi connectivity index (χ0n) is 9.18. The quantitative estimate of drug-likeness (QED) is 0.647. The largest absolute Gasteiger partial charge is 0.303 e. The Bertz CT molecular complexity index is 164. The maximum atomic E-state index is 2.69. The first kappa shape index (κ1) is 9.51. The van der Waals surface area contributed by atoms with Gasteiger partial charge >= 0.3 is 0 Å². The van der Waals surface area contributed by atoms with Gasteiger partial charge in [0.2, 0.25) is 0 Å². The molecule has 0 aromatic rings. The molecule has 1 aliphatic carbocycles. The van der Waals surface area contributed by atoms with Crippen LogP contribution in [0.2, 0.25) is 0 Å². The number of likely N-dealkylation sites (tertiary alicyclic amines) is 1. The van der Waals surface area contributed by atoms with E-state index in [2.05, 4.69) is 18.7 Å². The summed E-state index contributed by atoms with van der Waals surface area (Å²) in [6.45, 7) is 8.96. The third-order valence-electron chi connectivity index (χ3n) is 4.31. The van der Waals surface area contributed by atoms with Crippen LogP contribution in [-0.2, 0) is 0 Å². The number of hydrogen-bond acceptors (Lipinski definition) is 1. The second-order valence-corrected chi connectivity index (χ2v) is 5.35. The fourth-order valence-corrected chi connectivity index (χ4v) is 2.94. The minimum atomic E-state index is 0.713. The van der Waals surface area contributed by atoms with Crippen molar-refractivity contribution in [3.8, 4) is 0 Å². The van der Waals surface area contributed by atoms with Crippen molar-refractivity contribution in [2.75, 3.05) is 19.6 Å². The van der Waals surface area contributed by atoms with Gasteiger partial charge in [0.05, 0.1) is 0 Å². The number of nitrogens with zero attached hydrogens (tertiary/aromatic N) is 1. The molecule has 0 bridgehead atoms. The summed E-state index contributed by atoms with van der Waals surface area (Å²) in [6.07, 6.45) is 7.33. The van der Waals surface area contributed by atoms with E-state index in [1.165, 1.54) is 51.7 Å². The highest BCUT2D eigenvalue weighted by Gasteiger charge is 2.41. The Balaban J connectivity index is 1.89. The first-order valence-electron chi connectivity index (χ1n) is 5.95. The summed E-state index contributed by atoms with van der Waals surface area (Å²) in [5.41, 5.74) is 0.713. The standard InChI is InChI=1S/C12H23N/c1-11(2)12(6-5-7-12)10-13-8-3-4-9-13/h11H,3-10H2,1-2H3. The Morgan fingerprint density at radius 3 is 2.08 bits per heavy atom. The Labute approximate surface area is 82.5 Å². The van der Waals surface area contributed by atoms with Gasteiger partial charge in [-0.15, -0.1) is 0 Å². The lowest BCUT2D eigenvalue weighted by atomic mass is 9.62. The van der Waals surface area contributed by atoms with Gasteiger partial charge in [0.15, 0.2) is 0 Å². The number of hydrogen-bond donors (Lipinski definition) is 0. The van der Waals surface area contributed by atoms with Gasteiger partial charge < -0.3 is 4.90 Å². The Kier molecular flexibility index (Phi) is 2.64. The van der Waals surface area contributed by atoms with Crippen molar-refractivity contribution in [1.82, 2.24) is 4.90 Å². The van der Waals surface area contributed by atoms with Crippen LogP contribution in [0.1, 0.15) is 46.0 Å². The predicted octanol–water partition coefficient (Wildman–Crippen LogP) is 2.91. The molecule has 76 valence electrons. The molecule has 1 aliphatic heterocycles. The SMILES string of the molecule is CC(C)C1(CN2CCCC2)CCC1. The van der Waals surface area contributed by atoms with Crippen LogP contribution < -0.4 is 0 Å². The average Bonchev–Trinajstić information content (AvgIpc) is 2.47. The van der Waals surface area contributed by atoms with Gasteiger partial charge in [-0.1, -0.05) is 20.3 Å². The van der Waals surface area contributed by atoms with Gasteiger partial charge in [0, 0.05) is 6.54 Å². The molecule has 13 heavy (non-hydrogen) atoms. The van der Waals surface area contributed by atoms with Crippen molar-refractivity contribution < 1.29 is 0 Å². The van der Waals surface area contributed by atoms with E-state index in [-0.39, 0.29) is 0 Å². The molecule has 1 heterocycles. The molecule has 0 N–H and O–H groups in total. The van der Waals surface area contributed by atoms with Gasteiger partial charge in [-0.25, -0.2) is 0 Å². The zero-order chi connectivity index (χ0) is 9.31. The van der Waals surface area contributed by atoms with Gasteiger partial charge in [0.25, 0.3) is 0 Å². The molecule has 0 aromatic heterocycles. The smallest absolute Gasteiger partial charge is 0.00404 e. The fraction of sp³-hybridized carbons (Fsp3) is 1.00. The third-order valence-corrected chi connectivity index (χ3v) is 4.31. The minimum Gasteiger partial charge on any atom is -0.303 e. The Morgan fingerprint density at radius 2 is 1.69 bits per heavy atom. The third kappa shape index (κ3) is 1.76. The van der Waals surface area contributed by atoms with E-state index < -0.39 is 0 Å². The molecule has 0 radical (unpaired) electrons. The Morgan fingerprint density at radius 1 is 1.08 bits per heavy atom. The van der Waals surface area contributed by atoms with E-state index >= 15 is 0 Å². The van der Waals surface area contributed by atoms with Crippen molar-refractivity contribution in [2.24, 2.45) is 11.3 Å². The predicted molar refractivity (Wildman–Crippen MR) is 56.8 cm³/mol. The van der Waals surface area contributed by atoms with Gasteiger partial charge in [-0.3, -0.25) is 0 Å². The van der Waals surface area contributed by atoms with Crippen LogP contribution in [0.25, 0.3) is 0 Å². The topological polar surface area (TPSA) is 3.24 Å². The second kappa shape index (κ2) is 3.61. The molecule has 0 amide bonds. The highest BCUT2D eigenvalue weighted by molar-refractivity contribution is 4.93. The molecule has 1 nitrogen and oxygen atoms in total. The van der Waals surface area contributed by atoms with E-state index in [9.17, 15) is 0 Å². The van der Waals surface area contributed by atoms with E-state index in [0.717, 1.165) is 5.92 Å². The minimum absolute atomic E-state index is 0.713. The molecule has 1 saturated heterocycles. The summed E-state index contributed by atoms with van der Waals surface area (Å²) in [5, 5.41) is 0. The van der Waals surface area contributed by atoms with Crippen LogP contribution in [-0.4, -0.2) is 24.5 Å². The summed E-state index contributed by atoms with van der Waals surface area (Å²) in [6, 6.07) is 0. The molecule has 0 aromatic carbocycles. The maximum absolute atomic E-state index is 2.69. The van der Waals surface area contributed by atoms with Crippen LogP contribution in [0.4, 0.5) is 0 Å². The van der Waals surface area contributed by atoms with E-state index in [1.54, 1.807) is 0 Å². The first-order chi connectivity index (χ1) is 6.23. The zero-order valence-corrected chi connectivity index (χ0v) is 9.18. The number of rotatable bonds is 3. The summed E-state index contributed by atoms with van der Waals surface area (Å²) in [4.78, 5) is 2.69. The summed E-state index contributed by atoms with van der Waals surface area (Å²) in [5.74, 6) is 0.891. The van der Waals surface area contributed by atoms with Gasteiger partial charge in [0.1, 0.15) is 0 Å². The lowest BCUT2D eigenvalue weighted by molar-refractivity contribution is 0.0282. The summed E-state index contributed by atoms with van der Waals surface area (Å²) >= 11 is 0. The van der Waals surface area contributed by atoms with Gasteiger partial charge in [-0.2, -0.15) is 0 Å². The highest BCUT2D eigenvalue weighted by Crippen LogP contribution is 2.47. The highest BCUT2D eigenvalue weighted by atomic mass is 15.1. The molecular formula is C12H23N. The fourth-order valence-electron chi connectivity index (χ4n) is 2.94. The molecule has 0 spiro atoms. The van der Waals surface area contributed by atoms with Crippen LogP contribution in [0, 0.1) is 11.3 Å². The van der Waals surface area contributed by atoms with Crippen molar-refractivity contribution in [1.29, 1.82) is 0 Å². The average molecular weight is 181 g/mol. The molecule has 0 atom stereocenters. The van der Waals surface area contributed by atoms with Crippen LogP contribution in [0.3, 0.4) is 0 Å². The van der Waals surface area contributed by atoms with E-state index in [0.29, 0.717) is 5.41 Å². The van der Waals surface area contributed by atoms with Crippen LogP contribution >= 0.6 is 0 Å². The molecule has 1 saturated carbocycles. The van der Waals surface area contributed by atoms with Crippen molar-refractivity contribution in [3.63, 3.8) is 0 Å². The monoisotopic (exact) mass is 181 g/mol. The molecule has 2 rings (SSSR count). The van der Waals surface area contributed by atoms with Crippen LogP contribution in [0.15, 0.2) is 0 Å². The molecule has 2 fully saturated rings. The molecule has 2 aliphatic rings. The van der Waals surface area contributed by atoms with Crippen molar-refractivity contribution in [2.45, 2.75) is 46.0 Å². The molecular weight excluding hydrogens is 158 g/mol. The first-order valence-corrected chi connectivity index (χ1v) is 5.95. The maximum Gasteiger partial charge on any atom is 0.00404 e. The van der Waals surface area contributed by atoms with Crippen LogP contribution in [0.5, 0.6) is 0 Å². The summed E-state index contributed by atoms with van der Waals surface area (Å²) in [7, 11) is 0. The molecule has 1 heteroatoms.